The standard InChI is InChI=1S/C12H13ClN2O2/c1-2-3-15-10(6-14)8-4-9(13)12-11(5-8)16-7-17-12/h1,4-5,10,15H,3,6-7,14H2. The lowest BCUT2D eigenvalue weighted by Gasteiger charge is -2.16. The molecule has 1 atom stereocenters. The van der Waals surface area contributed by atoms with Crippen molar-refractivity contribution in [3.05, 3.63) is 22.7 Å². The maximum absolute atomic E-state index is 6.10. The van der Waals surface area contributed by atoms with E-state index in [4.69, 9.17) is 33.2 Å². The molecule has 4 nitrogen and oxygen atoms in total. The molecule has 1 aliphatic heterocycles. The van der Waals surface area contributed by atoms with Crippen molar-refractivity contribution in [2.24, 2.45) is 5.73 Å². The number of terminal acetylenes is 1. The van der Waals surface area contributed by atoms with Crippen LogP contribution in [-0.4, -0.2) is 19.9 Å². The molecule has 17 heavy (non-hydrogen) atoms. The Morgan fingerprint density at radius 1 is 1.53 bits per heavy atom. The fraction of sp³-hybridized carbons (Fsp3) is 0.333. The molecular formula is C12H13ClN2O2. The molecule has 1 aliphatic rings. The summed E-state index contributed by atoms with van der Waals surface area (Å²) < 4.78 is 10.5. The summed E-state index contributed by atoms with van der Waals surface area (Å²) in [6, 6.07) is 3.64. The zero-order valence-electron chi connectivity index (χ0n) is 9.20. The molecule has 3 N–H and O–H groups in total. The van der Waals surface area contributed by atoms with Crippen molar-refractivity contribution in [1.82, 2.24) is 5.32 Å². The van der Waals surface area contributed by atoms with Gasteiger partial charge in [-0.1, -0.05) is 17.5 Å². The van der Waals surface area contributed by atoms with Gasteiger partial charge in [0.1, 0.15) is 0 Å². The van der Waals surface area contributed by atoms with E-state index in [9.17, 15) is 0 Å². The molecule has 0 saturated carbocycles. The van der Waals surface area contributed by atoms with Crippen LogP contribution >= 0.6 is 11.6 Å². The molecule has 1 heterocycles. The maximum atomic E-state index is 6.10. The van der Waals surface area contributed by atoms with E-state index in [0.717, 1.165) is 5.56 Å². The molecule has 0 aliphatic carbocycles. The highest BCUT2D eigenvalue weighted by Gasteiger charge is 2.20. The third-order valence-electron chi connectivity index (χ3n) is 2.54. The van der Waals surface area contributed by atoms with E-state index in [1.54, 1.807) is 0 Å². The Morgan fingerprint density at radius 2 is 2.35 bits per heavy atom. The molecule has 0 spiro atoms. The average molecular weight is 253 g/mol. The van der Waals surface area contributed by atoms with E-state index >= 15 is 0 Å². The van der Waals surface area contributed by atoms with E-state index in [-0.39, 0.29) is 12.8 Å². The number of rotatable bonds is 4. The van der Waals surface area contributed by atoms with E-state index in [1.165, 1.54) is 0 Å². The van der Waals surface area contributed by atoms with Crippen LogP contribution in [0.2, 0.25) is 5.02 Å². The topological polar surface area (TPSA) is 56.5 Å². The molecule has 1 aromatic carbocycles. The number of hydrogen-bond acceptors (Lipinski definition) is 4. The Hall–Kier alpha value is -1.41. The highest BCUT2D eigenvalue weighted by Crippen LogP contribution is 2.40. The lowest BCUT2D eigenvalue weighted by atomic mass is 10.1. The van der Waals surface area contributed by atoms with Crippen LogP contribution in [0.5, 0.6) is 11.5 Å². The Labute approximate surface area is 105 Å². The zero-order chi connectivity index (χ0) is 12.3. The first-order valence-corrected chi connectivity index (χ1v) is 5.60. The normalized spacial score (nSPS) is 14.4. The van der Waals surface area contributed by atoms with Gasteiger partial charge in [-0.3, -0.25) is 5.32 Å². The molecule has 1 unspecified atom stereocenters. The van der Waals surface area contributed by atoms with Gasteiger partial charge in [0, 0.05) is 12.6 Å². The minimum absolute atomic E-state index is 0.0435. The number of nitrogens with one attached hydrogen (secondary N) is 1. The van der Waals surface area contributed by atoms with Crippen LogP contribution < -0.4 is 20.5 Å². The van der Waals surface area contributed by atoms with Crippen molar-refractivity contribution in [3.8, 4) is 23.8 Å². The van der Waals surface area contributed by atoms with Gasteiger partial charge in [-0.2, -0.15) is 0 Å². The molecule has 0 amide bonds. The predicted octanol–water partition coefficient (Wildman–Crippen LogP) is 1.29. The minimum Gasteiger partial charge on any atom is -0.454 e. The van der Waals surface area contributed by atoms with E-state index < -0.39 is 0 Å². The zero-order valence-corrected chi connectivity index (χ0v) is 9.96. The molecule has 0 aromatic heterocycles. The summed E-state index contributed by atoms with van der Waals surface area (Å²) in [5, 5.41) is 3.66. The second-order valence-corrected chi connectivity index (χ2v) is 4.02. The largest absolute Gasteiger partial charge is 0.454 e. The summed E-state index contributed by atoms with van der Waals surface area (Å²) >= 11 is 6.10. The van der Waals surface area contributed by atoms with Crippen molar-refractivity contribution in [3.63, 3.8) is 0 Å². The first kappa shape index (κ1) is 12.1. The second-order valence-electron chi connectivity index (χ2n) is 3.61. The van der Waals surface area contributed by atoms with Gasteiger partial charge < -0.3 is 15.2 Å². The third kappa shape index (κ3) is 2.47. The summed E-state index contributed by atoms with van der Waals surface area (Å²) in [4.78, 5) is 0. The first-order chi connectivity index (χ1) is 8.26. The van der Waals surface area contributed by atoms with Crippen molar-refractivity contribution >= 4 is 11.6 Å². The van der Waals surface area contributed by atoms with Gasteiger partial charge in [-0.25, -0.2) is 0 Å². The molecule has 90 valence electrons. The van der Waals surface area contributed by atoms with Crippen molar-refractivity contribution < 1.29 is 9.47 Å². The van der Waals surface area contributed by atoms with Crippen LogP contribution in [0.15, 0.2) is 12.1 Å². The number of benzene rings is 1. The van der Waals surface area contributed by atoms with Crippen LogP contribution in [-0.2, 0) is 0 Å². The van der Waals surface area contributed by atoms with Gasteiger partial charge in [-0.15, -0.1) is 6.42 Å². The van der Waals surface area contributed by atoms with Crippen LogP contribution in [0, 0.1) is 12.3 Å². The molecule has 1 aromatic rings. The number of hydrogen-bond donors (Lipinski definition) is 2. The first-order valence-electron chi connectivity index (χ1n) is 5.22. The summed E-state index contributed by atoms with van der Waals surface area (Å²) in [7, 11) is 0. The fourth-order valence-corrected chi connectivity index (χ4v) is 1.98. The van der Waals surface area contributed by atoms with Gasteiger partial charge in [0.15, 0.2) is 11.5 Å². The molecule has 0 radical (unpaired) electrons. The number of nitrogens with two attached hydrogens (primary N) is 1. The summed E-state index contributed by atoms with van der Waals surface area (Å²) in [5.41, 5.74) is 6.64. The lowest BCUT2D eigenvalue weighted by Crippen LogP contribution is -2.28. The molecule has 5 heteroatoms. The minimum atomic E-state index is -0.0435. The average Bonchev–Trinajstić information content (AvgIpc) is 2.79. The van der Waals surface area contributed by atoms with Gasteiger partial charge in [0.25, 0.3) is 0 Å². The number of ether oxygens (including phenoxy) is 2. The predicted molar refractivity (Wildman–Crippen MR) is 66.2 cm³/mol. The smallest absolute Gasteiger partial charge is 0.231 e. The molecule has 0 fully saturated rings. The van der Waals surface area contributed by atoms with Crippen LogP contribution in [0.3, 0.4) is 0 Å². The summed E-state index contributed by atoms with van der Waals surface area (Å²) in [5.74, 6) is 3.75. The molecule has 0 bridgehead atoms. The number of halogens is 1. The summed E-state index contributed by atoms with van der Waals surface area (Å²) in [6.07, 6.45) is 5.21. The lowest BCUT2D eigenvalue weighted by molar-refractivity contribution is 0.174. The van der Waals surface area contributed by atoms with Crippen LogP contribution in [0.25, 0.3) is 0 Å². The summed E-state index contributed by atoms with van der Waals surface area (Å²) in [6.45, 7) is 1.08. The van der Waals surface area contributed by atoms with Gasteiger partial charge in [0.2, 0.25) is 6.79 Å². The van der Waals surface area contributed by atoms with Gasteiger partial charge >= 0.3 is 0 Å². The molecular weight excluding hydrogens is 240 g/mol. The number of fused-ring (bicyclic) bond motifs is 1. The second kappa shape index (κ2) is 5.28. The van der Waals surface area contributed by atoms with E-state index in [2.05, 4.69) is 11.2 Å². The fourth-order valence-electron chi connectivity index (χ4n) is 1.71. The van der Waals surface area contributed by atoms with Crippen molar-refractivity contribution in [2.75, 3.05) is 19.9 Å². The monoisotopic (exact) mass is 252 g/mol. The van der Waals surface area contributed by atoms with Gasteiger partial charge in [-0.05, 0) is 17.7 Å². The highest BCUT2D eigenvalue weighted by molar-refractivity contribution is 6.32. The van der Waals surface area contributed by atoms with Crippen LogP contribution in [0.1, 0.15) is 11.6 Å². The Morgan fingerprint density at radius 3 is 3.06 bits per heavy atom. The Balaban J connectivity index is 2.26. The highest BCUT2D eigenvalue weighted by atomic mass is 35.5. The SMILES string of the molecule is C#CCNC(CN)c1cc(Cl)c2c(c1)OCO2. The van der Waals surface area contributed by atoms with E-state index in [1.807, 2.05) is 12.1 Å². The van der Waals surface area contributed by atoms with E-state index in [0.29, 0.717) is 29.6 Å². The van der Waals surface area contributed by atoms with Crippen LogP contribution in [0.4, 0.5) is 0 Å². The Kier molecular flexibility index (Phi) is 3.75. The quantitative estimate of drug-likeness (QED) is 0.793. The van der Waals surface area contributed by atoms with Crippen molar-refractivity contribution in [2.45, 2.75) is 6.04 Å². The molecule has 2 rings (SSSR count). The molecule has 0 saturated heterocycles. The Bertz CT molecular complexity index is 457. The third-order valence-corrected chi connectivity index (χ3v) is 2.82. The van der Waals surface area contributed by atoms with Gasteiger partial charge in [0.05, 0.1) is 11.6 Å². The van der Waals surface area contributed by atoms with Crippen molar-refractivity contribution in [1.29, 1.82) is 0 Å². The maximum Gasteiger partial charge on any atom is 0.231 e.